The first-order valence-corrected chi connectivity index (χ1v) is 9.27. The first-order valence-electron chi connectivity index (χ1n) is 9.27. The van der Waals surface area contributed by atoms with Crippen molar-refractivity contribution in [2.75, 3.05) is 39.9 Å². The molecule has 0 aromatic carbocycles. The summed E-state index contributed by atoms with van der Waals surface area (Å²) in [6.45, 7) is 9.14. The average Bonchev–Trinajstić information content (AvgIpc) is 3.12. The molecule has 1 N–H and O–H groups in total. The number of rotatable bonds is 8. The van der Waals surface area contributed by atoms with Crippen molar-refractivity contribution in [3.05, 3.63) is 18.7 Å². The summed E-state index contributed by atoms with van der Waals surface area (Å²) in [7, 11) is 1.87. The minimum absolute atomic E-state index is 0. The Bertz CT molecular complexity index is 480. The van der Waals surface area contributed by atoms with Crippen molar-refractivity contribution < 1.29 is 4.74 Å². The molecular weight excluding hydrogens is 429 g/mol. The molecule has 0 spiro atoms. The molecule has 7 heteroatoms. The number of hydrogen-bond acceptors (Lipinski definition) is 3. The molecule has 1 aromatic heterocycles. The number of imidazole rings is 1. The molecule has 1 aliphatic heterocycles. The van der Waals surface area contributed by atoms with Crippen molar-refractivity contribution in [1.29, 1.82) is 0 Å². The van der Waals surface area contributed by atoms with Crippen molar-refractivity contribution in [3.63, 3.8) is 0 Å². The van der Waals surface area contributed by atoms with E-state index in [9.17, 15) is 0 Å². The second kappa shape index (κ2) is 12.5. The fourth-order valence-electron chi connectivity index (χ4n) is 3.15. The van der Waals surface area contributed by atoms with Crippen molar-refractivity contribution in [2.24, 2.45) is 10.9 Å². The number of aromatic nitrogens is 2. The number of piperidine rings is 1. The quantitative estimate of drug-likeness (QED) is 0.279. The minimum atomic E-state index is 0. The number of likely N-dealkylation sites (tertiary alicyclic amines) is 1. The topological polar surface area (TPSA) is 54.7 Å². The van der Waals surface area contributed by atoms with Gasteiger partial charge in [-0.1, -0.05) is 20.3 Å². The molecule has 1 fully saturated rings. The van der Waals surface area contributed by atoms with Crippen LogP contribution in [0.15, 0.2) is 23.7 Å². The Labute approximate surface area is 169 Å². The SMILES string of the molecule is CCCCOCCCNC(=NC)N1CCC(C)C(n2ccnc2)C1.I. The van der Waals surface area contributed by atoms with Gasteiger partial charge in [0.1, 0.15) is 0 Å². The molecule has 0 radical (unpaired) electrons. The normalized spacial score (nSPS) is 21.1. The van der Waals surface area contributed by atoms with Crippen LogP contribution in [0.1, 0.15) is 45.6 Å². The van der Waals surface area contributed by atoms with Crippen LogP contribution in [0, 0.1) is 5.92 Å². The highest BCUT2D eigenvalue weighted by molar-refractivity contribution is 14.0. The zero-order chi connectivity index (χ0) is 17.2. The lowest BCUT2D eigenvalue weighted by molar-refractivity contribution is 0.129. The van der Waals surface area contributed by atoms with E-state index in [1.165, 1.54) is 12.8 Å². The lowest BCUT2D eigenvalue weighted by Crippen LogP contribution is -2.49. The number of halogens is 1. The molecule has 0 aliphatic carbocycles. The Morgan fingerprint density at radius 2 is 2.16 bits per heavy atom. The molecule has 1 aromatic rings. The highest BCUT2D eigenvalue weighted by Gasteiger charge is 2.28. The van der Waals surface area contributed by atoms with Gasteiger partial charge in [0.25, 0.3) is 0 Å². The smallest absolute Gasteiger partial charge is 0.193 e. The van der Waals surface area contributed by atoms with Crippen LogP contribution in [0.3, 0.4) is 0 Å². The first kappa shape index (κ1) is 22.2. The summed E-state index contributed by atoms with van der Waals surface area (Å²) in [5.41, 5.74) is 0. The molecule has 1 saturated heterocycles. The summed E-state index contributed by atoms with van der Waals surface area (Å²) in [6, 6.07) is 0.456. The third-order valence-electron chi connectivity index (χ3n) is 4.73. The largest absolute Gasteiger partial charge is 0.381 e. The van der Waals surface area contributed by atoms with E-state index in [2.05, 4.69) is 44.8 Å². The summed E-state index contributed by atoms with van der Waals surface area (Å²) in [4.78, 5) is 11.0. The van der Waals surface area contributed by atoms with Crippen LogP contribution >= 0.6 is 24.0 Å². The van der Waals surface area contributed by atoms with E-state index in [1.807, 2.05) is 19.6 Å². The molecule has 2 unspecified atom stereocenters. The van der Waals surface area contributed by atoms with Crippen LogP contribution in [-0.2, 0) is 4.74 Å². The van der Waals surface area contributed by atoms with Gasteiger partial charge in [0.05, 0.1) is 12.4 Å². The molecule has 6 nitrogen and oxygen atoms in total. The molecular formula is C18H34IN5O. The fraction of sp³-hybridized carbons (Fsp3) is 0.778. The maximum atomic E-state index is 5.61. The van der Waals surface area contributed by atoms with Gasteiger partial charge in [0.15, 0.2) is 5.96 Å². The number of aliphatic imine (C=N–C) groups is 1. The van der Waals surface area contributed by atoms with Crippen LogP contribution in [0.4, 0.5) is 0 Å². The maximum Gasteiger partial charge on any atom is 0.193 e. The molecule has 2 heterocycles. The number of hydrogen-bond donors (Lipinski definition) is 1. The van der Waals surface area contributed by atoms with Crippen molar-refractivity contribution in [2.45, 2.75) is 45.6 Å². The molecule has 144 valence electrons. The predicted molar refractivity (Wildman–Crippen MR) is 114 cm³/mol. The summed E-state index contributed by atoms with van der Waals surface area (Å²) in [6.07, 6.45) is 10.4. The molecule has 2 rings (SSSR count). The third kappa shape index (κ3) is 7.13. The standard InChI is InChI=1S/C18H33N5O.HI/c1-4-5-12-24-13-6-8-21-18(19-3)22-10-7-16(2)17(14-22)23-11-9-20-15-23;/h9,11,15-17H,4-8,10,12-14H2,1-3H3,(H,19,21);1H. The molecule has 1 aliphatic rings. The highest BCUT2D eigenvalue weighted by atomic mass is 127. The zero-order valence-electron chi connectivity index (χ0n) is 15.9. The number of nitrogens with one attached hydrogen (secondary N) is 1. The summed E-state index contributed by atoms with van der Waals surface area (Å²) in [5.74, 6) is 1.65. The van der Waals surface area contributed by atoms with Gasteiger partial charge in [0.2, 0.25) is 0 Å². The van der Waals surface area contributed by atoms with Gasteiger partial charge in [-0.25, -0.2) is 4.98 Å². The van der Waals surface area contributed by atoms with Crippen LogP contribution in [0.5, 0.6) is 0 Å². The average molecular weight is 463 g/mol. The Kier molecular flexibility index (Phi) is 11.1. The molecule has 0 bridgehead atoms. The van der Waals surface area contributed by atoms with Crippen molar-refractivity contribution >= 4 is 29.9 Å². The van der Waals surface area contributed by atoms with Crippen LogP contribution < -0.4 is 5.32 Å². The summed E-state index contributed by atoms with van der Waals surface area (Å²) >= 11 is 0. The van der Waals surface area contributed by atoms with E-state index in [0.717, 1.165) is 51.6 Å². The van der Waals surface area contributed by atoms with Gasteiger partial charge < -0.3 is 19.5 Å². The molecule has 0 amide bonds. The number of unbranched alkanes of at least 4 members (excludes halogenated alkanes) is 1. The number of nitrogens with zero attached hydrogens (tertiary/aromatic N) is 4. The minimum Gasteiger partial charge on any atom is -0.381 e. The number of ether oxygens (including phenoxy) is 1. The van der Waals surface area contributed by atoms with Crippen LogP contribution in [0.25, 0.3) is 0 Å². The zero-order valence-corrected chi connectivity index (χ0v) is 18.2. The lowest BCUT2D eigenvalue weighted by atomic mass is 9.93. The molecule has 0 saturated carbocycles. The van der Waals surface area contributed by atoms with E-state index >= 15 is 0 Å². The fourth-order valence-corrected chi connectivity index (χ4v) is 3.15. The van der Waals surface area contributed by atoms with E-state index in [-0.39, 0.29) is 24.0 Å². The van der Waals surface area contributed by atoms with E-state index in [1.54, 1.807) is 0 Å². The van der Waals surface area contributed by atoms with Gasteiger partial charge in [-0.3, -0.25) is 4.99 Å². The van der Waals surface area contributed by atoms with E-state index in [4.69, 9.17) is 4.74 Å². The Balaban J connectivity index is 0.00000312. The van der Waals surface area contributed by atoms with Gasteiger partial charge in [0, 0.05) is 52.3 Å². The molecule has 25 heavy (non-hydrogen) atoms. The van der Waals surface area contributed by atoms with Crippen molar-refractivity contribution in [3.8, 4) is 0 Å². The Morgan fingerprint density at radius 1 is 1.36 bits per heavy atom. The van der Waals surface area contributed by atoms with E-state index in [0.29, 0.717) is 12.0 Å². The Hall–Kier alpha value is -0.830. The van der Waals surface area contributed by atoms with Gasteiger partial charge in [-0.05, 0) is 25.2 Å². The second-order valence-electron chi connectivity index (χ2n) is 6.58. The summed E-state index contributed by atoms with van der Waals surface area (Å²) in [5, 5.41) is 3.48. The maximum absolute atomic E-state index is 5.61. The van der Waals surface area contributed by atoms with Gasteiger partial charge in [-0.2, -0.15) is 0 Å². The first-order chi connectivity index (χ1) is 11.8. The van der Waals surface area contributed by atoms with Gasteiger partial charge in [-0.15, -0.1) is 24.0 Å². The van der Waals surface area contributed by atoms with E-state index < -0.39 is 0 Å². The van der Waals surface area contributed by atoms with Crippen LogP contribution in [-0.4, -0.2) is 60.3 Å². The highest BCUT2D eigenvalue weighted by Crippen LogP contribution is 2.27. The molecule has 2 atom stereocenters. The number of guanidine groups is 1. The van der Waals surface area contributed by atoms with Crippen LogP contribution in [0.2, 0.25) is 0 Å². The predicted octanol–water partition coefficient (Wildman–Crippen LogP) is 3.17. The lowest BCUT2D eigenvalue weighted by Gasteiger charge is -2.39. The third-order valence-corrected chi connectivity index (χ3v) is 4.73. The summed E-state index contributed by atoms with van der Waals surface area (Å²) < 4.78 is 7.84. The van der Waals surface area contributed by atoms with Crippen molar-refractivity contribution in [1.82, 2.24) is 19.8 Å². The Morgan fingerprint density at radius 3 is 2.84 bits per heavy atom. The monoisotopic (exact) mass is 463 g/mol. The second-order valence-corrected chi connectivity index (χ2v) is 6.58. The van der Waals surface area contributed by atoms with Gasteiger partial charge >= 0.3 is 0 Å².